The molecule has 2 aromatic rings. The van der Waals surface area contributed by atoms with E-state index in [0.29, 0.717) is 17.0 Å². The Morgan fingerprint density at radius 3 is 2.65 bits per heavy atom. The van der Waals surface area contributed by atoms with Gasteiger partial charge in [-0.1, -0.05) is 12.8 Å². The maximum Gasteiger partial charge on any atom is 0.161 e. The monoisotopic (exact) mass is 236 g/mol. The summed E-state index contributed by atoms with van der Waals surface area (Å²) < 4.78 is 28.2. The van der Waals surface area contributed by atoms with Crippen LogP contribution in [0.4, 0.5) is 8.78 Å². The normalized spacial score (nSPS) is 17.1. The van der Waals surface area contributed by atoms with Crippen LogP contribution in [0, 0.1) is 17.6 Å². The Hall–Kier alpha value is -1.45. The number of imidazole rings is 1. The molecule has 4 heteroatoms. The Morgan fingerprint density at radius 1 is 1.18 bits per heavy atom. The van der Waals surface area contributed by atoms with Crippen molar-refractivity contribution < 1.29 is 8.78 Å². The lowest BCUT2D eigenvalue weighted by molar-refractivity contribution is 0.463. The smallest absolute Gasteiger partial charge is 0.161 e. The lowest BCUT2D eigenvalue weighted by Crippen LogP contribution is -2.06. The highest BCUT2D eigenvalue weighted by molar-refractivity contribution is 5.75. The molecule has 0 saturated heterocycles. The fourth-order valence-corrected chi connectivity index (χ4v) is 2.67. The van der Waals surface area contributed by atoms with E-state index in [1.54, 1.807) is 6.33 Å². The van der Waals surface area contributed by atoms with Gasteiger partial charge >= 0.3 is 0 Å². The Morgan fingerprint density at radius 2 is 1.88 bits per heavy atom. The minimum atomic E-state index is -0.830. The number of halogens is 2. The average molecular weight is 236 g/mol. The van der Waals surface area contributed by atoms with Crippen molar-refractivity contribution in [1.29, 1.82) is 0 Å². The standard InChI is InChI=1S/C13H14F2N2/c14-10-5-12-13(6-11(10)15)17(8-16-12)7-9-3-1-2-4-9/h5-6,8-9H,1-4,7H2. The van der Waals surface area contributed by atoms with Crippen LogP contribution in [0.2, 0.25) is 0 Å². The number of aromatic nitrogens is 2. The highest BCUT2D eigenvalue weighted by Gasteiger charge is 2.17. The minimum absolute atomic E-state index is 0.530. The number of benzene rings is 1. The third-order valence-corrected chi connectivity index (χ3v) is 3.59. The lowest BCUT2D eigenvalue weighted by atomic mass is 10.1. The van der Waals surface area contributed by atoms with E-state index in [2.05, 4.69) is 4.98 Å². The zero-order chi connectivity index (χ0) is 11.8. The number of hydrogen-bond donors (Lipinski definition) is 0. The number of rotatable bonds is 2. The molecule has 1 fully saturated rings. The zero-order valence-corrected chi connectivity index (χ0v) is 9.50. The summed E-state index contributed by atoms with van der Waals surface area (Å²) >= 11 is 0. The van der Waals surface area contributed by atoms with E-state index in [9.17, 15) is 8.78 Å². The second-order valence-corrected chi connectivity index (χ2v) is 4.80. The van der Waals surface area contributed by atoms with Crippen molar-refractivity contribution in [3.8, 4) is 0 Å². The van der Waals surface area contributed by atoms with Gasteiger partial charge < -0.3 is 4.57 Å². The van der Waals surface area contributed by atoms with Crippen LogP contribution in [-0.4, -0.2) is 9.55 Å². The van der Waals surface area contributed by atoms with Crippen LogP contribution < -0.4 is 0 Å². The summed E-state index contributed by atoms with van der Waals surface area (Å²) in [6, 6.07) is 2.41. The summed E-state index contributed by atoms with van der Waals surface area (Å²) in [7, 11) is 0. The van der Waals surface area contributed by atoms with E-state index in [-0.39, 0.29) is 0 Å². The van der Waals surface area contributed by atoms with Gasteiger partial charge in [-0.25, -0.2) is 13.8 Å². The molecule has 0 atom stereocenters. The molecule has 1 aliphatic carbocycles. The average Bonchev–Trinajstić information content (AvgIpc) is 2.92. The van der Waals surface area contributed by atoms with Gasteiger partial charge in [0.1, 0.15) is 0 Å². The molecule has 2 nitrogen and oxygen atoms in total. The van der Waals surface area contributed by atoms with Crippen molar-refractivity contribution in [2.75, 3.05) is 0 Å². The molecule has 1 heterocycles. The number of fused-ring (bicyclic) bond motifs is 1. The summed E-state index contributed by atoms with van der Waals surface area (Å²) in [5.41, 5.74) is 1.22. The van der Waals surface area contributed by atoms with Gasteiger partial charge in [0.25, 0.3) is 0 Å². The third kappa shape index (κ3) is 1.92. The molecule has 0 aliphatic heterocycles. The molecular formula is C13H14F2N2. The largest absolute Gasteiger partial charge is 0.330 e. The van der Waals surface area contributed by atoms with Crippen molar-refractivity contribution in [3.05, 3.63) is 30.1 Å². The summed E-state index contributed by atoms with van der Waals surface area (Å²) in [6.45, 7) is 0.863. The van der Waals surface area contributed by atoms with Gasteiger partial charge in [-0.3, -0.25) is 0 Å². The van der Waals surface area contributed by atoms with E-state index in [0.717, 1.165) is 12.6 Å². The molecule has 1 aromatic carbocycles. The Balaban J connectivity index is 1.96. The Bertz CT molecular complexity index is 542. The van der Waals surface area contributed by atoms with E-state index in [1.807, 2.05) is 4.57 Å². The van der Waals surface area contributed by atoms with Crippen molar-refractivity contribution in [3.63, 3.8) is 0 Å². The van der Waals surface area contributed by atoms with Gasteiger partial charge in [-0.2, -0.15) is 0 Å². The van der Waals surface area contributed by atoms with Crippen molar-refractivity contribution in [2.45, 2.75) is 32.2 Å². The number of hydrogen-bond acceptors (Lipinski definition) is 1. The first-order chi connectivity index (χ1) is 8.24. The molecule has 1 aliphatic rings. The maximum atomic E-state index is 13.2. The maximum absolute atomic E-state index is 13.2. The predicted octanol–water partition coefficient (Wildman–Crippen LogP) is 3.50. The topological polar surface area (TPSA) is 17.8 Å². The molecule has 17 heavy (non-hydrogen) atoms. The molecule has 3 rings (SSSR count). The first-order valence-corrected chi connectivity index (χ1v) is 6.04. The SMILES string of the molecule is Fc1cc2ncn(CC3CCCC3)c2cc1F. The first-order valence-electron chi connectivity index (χ1n) is 6.04. The molecule has 1 aromatic heterocycles. The molecule has 0 amide bonds. The fourth-order valence-electron chi connectivity index (χ4n) is 2.67. The van der Waals surface area contributed by atoms with Crippen LogP contribution in [0.25, 0.3) is 11.0 Å². The Kier molecular flexibility index (Phi) is 2.57. The van der Waals surface area contributed by atoms with Gasteiger partial charge in [0, 0.05) is 18.7 Å². The molecule has 1 saturated carbocycles. The molecular weight excluding hydrogens is 222 g/mol. The summed E-state index contributed by atoms with van der Waals surface area (Å²) in [5.74, 6) is -0.977. The summed E-state index contributed by atoms with van der Waals surface area (Å²) in [5, 5.41) is 0. The van der Waals surface area contributed by atoms with E-state index in [4.69, 9.17) is 0 Å². The summed E-state index contributed by atoms with van der Waals surface area (Å²) in [6.07, 6.45) is 6.69. The van der Waals surface area contributed by atoms with Crippen molar-refractivity contribution in [1.82, 2.24) is 9.55 Å². The minimum Gasteiger partial charge on any atom is -0.330 e. The Labute approximate surface area is 98.3 Å². The molecule has 0 spiro atoms. The van der Waals surface area contributed by atoms with Gasteiger partial charge in [0.15, 0.2) is 11.6 Å². The second-order valence-electron chi connectivity index (χ2n) is 4.80. The van der Waals surface area contributed by atoms with Crippen LogP contribution in [-0.2, 0) is 6.54 Å². The molecule has 0 radical (unpaired) electrons. The van der Waals surface area contributed by atoms with E-state index < -0.39 is 11.6 Å². The first kappa shape index (κ1) is 10.7. The van der Waals surface area contributed by atoms with Crippen LogP contribution >= 0.6 is 0 Å². The van der Waals surface area contributed by atoms with Gasteiger partial charge in [-0.05, 0) is 18.8 Å². The molecule has 90 valence electrons. The highest BCUT2D eigenvalue weighted by Crippen LogP contribution is 2.27. The van der Waals surface area contributed by atoms with Gasteiger partial charge in [0.05, 0.1) is 17.4 Å². The van der Waals surface area contributed by atoms with E-state index >= 15 is 0 Å². The van der Waals surface area contributed by atoms with Crippen LogP contribution in [0.5, 0.6) is 0 Å². The molecule has 0 N–H and O–H groups in total. The van der Waals surface area contributed by atoms with Crippen LogP contribution in [0.15, 0.2) is 18.5 Å². The fraction of sp³-hybridized carbons (Fsp3) is 0.462. The van der Waals surface area contributed by atoms with Gasteiger partial charge in [0.2, 0.25) is 0 Å². The van der Waals surface area contributed by atoms with Gasteiger partial charge in [-0.15, -0.1) is 0 Å². The second kappa shape index (κ2) is 4.09. The zero-order valence-electron chi connectivity index (χ0n) is 9.50. The number of nitrogens with zero attached hydrogens (tertiary/aromatic N) is 2. The van der Waals surface area contributed by atoms with Crippen molar-refractivity contribution in [2.24, 2.45) is 5.92 Å². The quantitative estimate of drug-likeness (QED) is 0.780. The molecule has 0 bridgehead atoms. The highest BCUT2D eigenvalue weighted by atomic mass is 19.2. The predicted molar refractivity (Wildman–Crippen MR) is 61.6 cm³/mol. The van der Waals surface area contributed by atoms with E-state index in [1.165, 1.54) is 31.7 Å². The van der Waals surface area contributed by atoms with Crippen LogP contribution in [0.1, 0.15) is 25.7 Å². The molecule has 0 unspecified atom stereocenters. The van der Waals surface area contributed by atoms with Crippen molar-refractivity contribution >= 4 is 11.0 Å². The lowest BCUT2D eigenvalue weighted by Gasteiger charge is -2.10. The third-order valence-electron chi connectivity index (χ3n) is 3.59. The summed E-state index contributed by atoms with van der Waals surface area (Å²) in [4.78, 5) is 4.12. The van der Waals surface area contributed by atoms with Crippen LogP contribution in [0.3, 0.4) is 0 Å².